The van der Waals surface area contributed by atoms with Crippen molar-refractivity contribution in [3.8, 4) is 0 Å². The molecule has 0 unspecified atom stereocenters. The van der Waals surface area contributed by atoms with Gasteiger partial charge in [0.1, 0.15) is 12.3 Å². The highest BCUT2D eigenvalue weighted by Crippen LogP contribution is 2.24. The van der Waals surface area contributed by atoms with Crippen LogP contribution in [0.4, 0.5) is 0 Å². The molecule has 0 fully saturated rings. The molecule has 0 heterocycles. The molecule has 14 heavy (non-hydrogen) atoms. The maximum Gasteiger partial charge on any atom is 0.338 e. The van der Waals surface area contributed by atoms with E-state index in [1.165, 1.54) is 51.4 Å². The molecule has 0 rings (SSSR count). The second-order valence-electron chi connectivity index (χ2n) is 4.05. The van der Waals surface area contributed by atoms with Crippen LogP contribution < -0.4 is 0 Å². The van der Waals surface area contributed by atoms with Crippen molar-refractivity contribution >= 4 is 7.80 Å². The van der Waals surface area contributed by atoms with Crippen molar-refractivity contribution in [2.75, 3.05) is 12.3 Å². The van der Waals surface area contributed by atoms with Crippen molar-refractivity contribution in [3.63, 3.8) is 0 Å². The van der Waals surface area contributed by atoms with Crippen molar-refractivity contribution in [2.24, 2.45) is 0 Å². The largest absolute Gasteiger partial charge is 0.338 e. The normalized spacial score (nSPS) is 10.4. The Kier molecular flexibility index (Phi) is 11.3. The first-order chi connectivity index (χ1) is 6.81. The second-order valence-corrected chi connectivity index (χ2v) is 5.91. The maximum absolute atomic E-state index is 11.5. The molecule has 0 spiro atoms. The summed E-state index contributed by atoms with van der Waals surface area (Å²) < 4.78 is 11.5. The minimum absolute atomic E-state index is 0.864. The van der Waals surface area contributed by atoms with Gasteiger partial charge in [-0.1, -0.05) is 44.1 Å². The molecule has 1 nitrogen and oxygen atoms in total. The molecule has 84 valence electrons. The molecule has 0 bridgehead atoms. The first-order valence-corrected chi connectivity index (χ1v) is 7.86. The SMILES string of the molecule is CCCCCC[P+](=O)CCCCCC. The summed E-state index contributed by atoms with van der Waals surface area (Å²) in [5.41, 5.74) is 0. The van der Waals surface area contributed by atoms with Crippen LogP contribution in [0.3, 0.4) is 0 Å². The lowest BCUT2D eigenvalue weighted by molar-refractivity contribution is 0.579. The Labute approximate surface area is 90.5 Å². The smallest absolute Gasteiger partial charge is 0.0748 e. The molecule has 0 amide bonds. The fraction of sp³-hybridized carbons (Fsp3) is 1.00. The molecule has 0 aromatic heterocycles. The van der Waals surface area contributed by atoms with Gasteiger partial charge in [0.05, 0.1) is 0 Å². The predicted octanol–water partition coefficient (Wildman–Crippen LogP) is 4.97. The third-order valence-corrected chi connectivity index (χ3v) is 4.15. The zero-order valence-electron chi connectivity index (χ0n) is 9.93. The summed E-state index contributed by atoms with van der Waals surface area (Å²) in [5, 5.41) is 0. The summed E-state index contributed by atoms with van der Waals surface area (Å²) in [6, 6.07) is 0. The van der Waals surface area contributed by atoms with E-state index in [0.717, 1.165) is 12.3 Å². The Bertz CT molecular complexity index is 120. The highest BCUT2D eigenvalue weighted by atomic mass is 31.1. The van der Waals surface area contributed by atoms with E-state index in [-0.39, 0.29) is 0 Å². The molecule has 2 heteroatoms. The predicted molar refractivity (Wildman–Crippen MR) is 65.6 cm³/mol. The molecule has 0 saturated heterocycles. The Morgan fingerprint density at radius 1 is 0.714 bits per heavy atom. The summed E-state index contributed by atoms with van der Waals surface area (Å²) in [6.07, 6.45) is 12.0. The average Bonchev–Trinajstić information content (AvgIpc) is 2.19. The van der Waals surface area contributed by atoms with Gasteiger partial charge in [-0.05, 0) is 25.7 Å². The first kappa shape index (κ1) is 14.1. The summed E-state index contributed by atoms with van der Waals surface area (Å²) in [4.78, 5) is 0. The van der Waals surface area contributed by atoms with Crippen LogP contribution in [0.15, 0.2) is 0 Å². The number of hydrogen-bond acceptors (Lipinski definition) is 1. The highest BCUT2D eigenvalue weighted by Gasteiger charge is 2.12. The topological polar surface area (TPSA) is 17.1 Å². The molecule has 0 N–H and O–H groups in total. The molecule has 0 aliphatic rings. The van der Waals surface area contributed by atoms with E-state index >= 15 is 0 Å². The van der Waals surface area contributed by atoms with Gasteiger partial charge in [-0.15, -0.1) is 0 Å². The van der Waals surface area contributed by atoms with Crippen LogP contribution >= 0.6 is 7.80 Å². The van der Waals surface area contributed by atoms with Gasteiger partial charge in [0, 0.05) is 0 Å². The number of hydrogen-bond donors (Lipinski definition) is 0. The minimum Gasteiger partial charge on any atom is -0.0748 e. The molecule has 0 saturated carbocycles. The Balaban J connectivity index is 3.11. The average molecular weight is 217 g/mol. The van der Waals surface area contributed by atoms with Crippen LogP contribution in [0.5, 0.6) is 0 Å². The lowest BCUT2D eigenvalue weighted by atomic mass is 10.2. The number of unbranched alkanes of at least 4 members (excludes halogenated alkanes) is 6. The fourth-order valence-electron chi connectivity index (χ4n) is 1.54. The molecule has 0 radical (unpaired) electrons. The van der Waals surface area contributed by atoms with Gasteiger partial charge in [0.25, 0.3) is 0 Å². The van der Waals surface area contributed by atoms with E-state index < -0.39 is 7.80 Å². The molecule has 0 atom stereocenters. The Hall–Kier alpha value is 0.100. The van der Waals surface area contributed by atoms with E-state index in [1.807, 2.05) is 0 Å². The monoisotopic (exact) mass is 217 g/mol. The van der Waals surface area contributed by atoms with Gasteiger partial charge in [0.2, 0.25) is 0 Å². The lowest BCUT2D eigenvalue weighted by Crippen LogP contribution is -1.86. The van der Waals surface area contributed by atoms with Crippen LogP contribution in [0.1, 0.15) is 65.2 Å². The van der Waals surface area contributed by atoms with E-state index in [1.54, 1.807) is 0 Å². The van der Waals surface area contributed by atoms with Crippen LogP contribution in [-0.4, -0.2) is 12.3 Å². The quantitative estimate of drug-likeness (QED) is 0.373. The number of rotatable bonds is 10. The van der Waals surface area contributed by atoms with Crippen LogP contribution in [0.25, 0.3) is 0 Å². The molecule has 0 aromatic carbocycles. The summed E-state index contributed by atoms with van der Waals surface area (Å²) in [7, 11) is -0.864. The van der Waals surface area contributed by atoms with Crippen LogP contribution in [-0.2, 0) is 4.57 Å². The molecule has 0 aliphatic heterocycles. The third kappa shape index (κ3) is 10.2. The lowest BCUT2D eigenvalue weighted by Gasteiger charge is -1.93. The van der Waals surface area contributed by atoms with Crippen molar-refractivity contribution < 1.29 is 4.57 Å². The van der Waals surface area contributed by atoms with Gasteiger partial charge in [-0.25, -0.2) is 0 Å². The Morgan fingerprint density at radius 3 is 1.50 bits per heavy atom. The van der Waals surface area contributed by atoms with Crippen LogP contribution in [0.2, 0.25) is 0 Å². The summed E-state index contributed by atoms with van der Waals surface area (Å²) >= 11 is 0. The minimum atomic E-state index is -0.864. The van der Waals surface area contributed by atoms with E-state index in [0.29, 0.717) is 0 Å². The van der Waals surface area contributed by atoms with Crippen molar-refractivity contribution in [2.45, 2.75) is 65.2 Å². The first-order valence-electron chi connectivity index (χ1n) is 6.23. The van der Waals surface area contributed by atoms with E-state index in [4.69, 9.17) is 0 Å². The highest BCUT2D eigenvalue weighted by molar-refractivity contribution is 7.44. The Morgan fingerprint density at radius 2 is 1.14 bits per heavy atom. The van der Waals surface area contributed by atoms with Crippen molar-refractivity contribution in [3.05, 3.63) is 0 Å². The zero-order valence-corrected chi connectivity index (χ0v) is 10.8. The molecule has 0 aromatic rings. The van der Waals surface area contributed by atoms with Crippen LogP contribution in [0, 0.1) is 0 Å². The van der Waals surface area contributed by atoms with E-state index in [2.05, 4.69) is 13.8 Å². The molecular formula is C12H26OP+. The summed E-state index contributed by atoms with van der Waals surface area (Å²) in [6.45, 7) is 4.43. The third-order valence-electron chi connectivity index (χ3n) is 2.52. The molecular weight excluding hydrogens is 191 g/mol. The summed E-state index contributed by atoms with van der Waals surface area (Å²) in [5.74, 6) is 0. The van der Waals surface area contributed by atoms with Crippen molar-refractivity contribution in [1.29, 1.82) is 0 Å². The van der Waals surface area contributed by atoms with Gasteiger partial charge in [-0.3, -0.25) is 0 Å². The fourth-order valence-corrected chi connectivity index (χ4v) is 2.92. The van der Waals surface area contributed by atoms with Gasteiger partial charge in [0.15, 0.2) is 0 Å². The van der Waals surface area contributed by atoms with Gasteiger partial charge >= 0.3 is 7.80 Å². The second kappa shape index (κ2) is 11.2. The van der Waals surface area contributed by atoms with Crippen molar-refractivity contribution in [1.82, 2.24) is 0 Å². The van der Waals surface area contributed by atoms with Gasteiger partial charge < -0.3 is 0 Å². The maximum atomic E-state index is 11.5. The standard InChI is InChI=1S/C12H26OP/c1-3-5-7-9-11-14(13)12-10-8-6-4-2/h3-12H2,1-2H3/q+1. The molecule has 0 aliphatic carbocycles. The van der Waals surface area contributed by atoms with E-state index in [9.17, 15) is 4.57 Å². The van der Waals surface area contributed by atoms with Gasteiger partial charge in [-0.2, -0.15) is 0 Å². The zero-order chi connectivity index (χ0) is 10.6.